The van der Waals surface area contributed by atoms with E-state index in [2.05, 4.69) is 5.32 Å². The van der Waals surface area contributed by atoms with Gasteiger partial charge in [0.25, 0.3) is 5.91 Å². The molecule has 2 N–H and O–H groups in total. The third-order valence-electron chi connectivity index (χ3n) is 7.68. The van der Waals surface area contributed by atoms with Crippen LogP contribution in [0.4, 0.5) is 5.69 Å². The van der Waals surface area contributed by atoms with Crippen LogP contribution in [0, 0.1) is 5.41 Å². The molecule has 0 aromatic heterocycles. The van der Waals surface area contributed by atoms with Crippen molar-refractivity contribution in [2.45, 2.75) is 45.8 Å². The van der Waals surface area contributed by atoms with Crippen LogP contribution in [-0.2, 0) is 30.3 Å². The summed E-state index contributed by atoms with van der Waals surface area (Å²) in [5.74, 6) is -1.46. The van der Waals surface area contributed by atoms with Gasteiger partial charge >= 0.3 is 11.9 Å². The summed E-state index contributed by atoms with van der Waals surface area (Å²) >= 11 is 6.50. The molecule has 0 saturated carbocycles. The van der Waals surface area contributed by atoms with Gasteiger partial charge in [0.1, 0.15) is 12.2 Å². The molecule has 2 atom stereocenters. The van der Waals surface area contributed by atoms with Gasteiger partial charge in [-0.25, -0.2) is 4.79 Å². The van der Waals surface area contributed by atoms with E-state index in [0.717, 1.165) is 5.56 Å². The zero-order valence-electron chi connectivity index (χ0n) is 27.0. The molecule has 250 valence electrons. The fraction of sp³-hybridized carbons (Fsp3) is 0.371. The van der Waals surface area contributed by atoms with Gasteiger partial charge in [-0.2, -0.15) is 0 Å². The van der Waals surface area contributed by atoms with Crippen LogP contribution in [0.3, 0.4) is 0 Å². The number of nitrogens with zero attached hydrogens (tertiary/aromatic N) is 1. The van der Waals surface area contributed by atoms with E-state index in [1.54, 1.807) is 53.4 Å². The molecule has 1 aliphatic rings. The van der Waals surface area contributed by atoms with Crippen molar-refractivity contribution in [2.24, 2.45) is 5.41 Å². The fourth-order valence-corrected chi connectivity index (χ4v) is 5.58. The minimum Gasteiger partial charge on any atom is -0.493 e. The molecule has 0 bridgehead atoms. The van der Waals surface area contributed by atoms with Gasteiger partial charge in [0, 0.05) is 47.3 Å². The lowest BCUT2D eigenvalue weighted by molar-refractivity contribution is -0.144. The number of carbonyl (C=O) groups is 4. The van der Waals surface area contributed by atoms with E-state index in [9.17, 15) is 19.2 Å². The van der Waals surface area contributed by atoms with Gasteiger partial charge in [-0.05, 0) is 48.4 Å². The van der Waals surface area contributed by atoms with E-state index in [1.165, 1.54) is 33.3 Å². The molecule has 0 spiro atoms. The Morgan fingerprint density at radius 3 is 2.38 bits per heavy atom. The summed E-state index contributed by atoms with van der Waals surface area (Å²) in [6.07, 6.45) is -1.94. The molecule has 11 nitrogen and oxygen atoms in total. The maximum Gasteiger partial charge on any atom is 0.335 e. The molecule has 4 rings (SSSR count). The summed E-state index contributed by atoms with van der Waals surface area (Å²) in [6, 6.07) is 16.8. The number of hydrogen-bond acceptors (Lipinski definition) is 8. The number of benzene rings is 3. The van der Waals surface area contributed by atoms with E-state index in [0.29, 0.717) is 39.8 Å². The Hall–Kier alpha value is -4.61. The van der Waals surface area contributed by atoms with Crippen molar-refractivity contribution in [1.29, 1.82) is 0 Å². The van der Waals surface area contributed by atoms with Gasteiger partial charge in [-0.3, -0.25) is 14.4 Å². The number of rotatable bonds is 13. The number of anilines is 1. The summed E-state index contributed by atoms with van der Waals surface area (Å²) in [5.41, 5.74) is 2.02. The van der Waals surface area contributed by atoms with Gasteiger partial charge < -0.3 is 34.3 Å². The van der Waals surface area contributed by atoms with Crippen LogP contribution in [0.15, 0.2) is 60.7 Å². The van der Waals surface area contributed by atoms with Crippen molar-refractivity contribution in [3.8, 4) is 11.5 Å². The Bertz CT molecular complexity index is 1620. The number of hydrogen-bond donors (Lipinski definition) is 2. The van der Waals surface area contributed by atoms with Gasteiger partial charge in [0.05, 0.1) is 32.8 Å². The minimum absolute atomic E-state index is 0.0572. The first kappa shape index (κ1) is 35.2. The average Bonchev–Trinajstić information content (AvgIpc) is 3.13. The number of ether oxygens (including phenoxy) is 4. The van der Waals surface area contributed by atoms with E-state index in [4.69, 9.17) is 35.7 Å². The Labute approximate surface area is 278 Å². The van der Waals surface area contributed by atoms with Crippen molar-refractivity contribution in [3.63, 3.8) is 0 Å². The van der Waals surface area contributed by atoms with Crippen molar-refractivity contribution in [1.82, 2.24) is 5.32 Å². The third kappa shape index (κ3) is 8.81. The summed E-state index contributed by atoms with van der Waals surface area (Å²) in [6.45, 7) is 5.53. The number of esters is 1. The second-order valence-electron chi connectivity index (χ2n) is 12.0. The first-order valence-corrected chi connectivity index (χ1v) is 15.4. The maximum absolute atomic E-state index is 14.4. The second kappa shape index (κ2) is 15.3. The highest BCUT2D eigenvalue weighted by molar-refractivity contribution is 6.30. The Morgan fingerprint density at radius 2 is 1.74 bits per heavy atom. The van der Waals surface area contributed by atoms with Crippen LogP contribution in [0.25, 0.3) is 0 Å². The molecule has 0 fully saturated rings. The number of carbonyl (C=O) groups excluding carboxylic acids is 3. The molecule has 3 aromatic rings. The van der Waals surface area contributed by atoms with Crippen LogP contribution in [0.1, 0.15) is 60.3 Å². The zero-order valence-corrected chi connectivity index (χ0v) is 27.8. The number of para-hydroxylation sites is 1. The van der Waals surface area contributed by atoms with Crippen LogP contribution in [0.5, 0.6) is 11.5 Å². The Morgan fingerprint density at radius 1 is 1.02 bits per heavy atom. The molecule has 12 heteroatoms. The number of halogens is 1. The molecule has 0 unspecified atom stereocenters. The molecule has 0 aliphatic carbocycles. The number of carboxylic acid groups (broad SMARTS) is 1. The van der Waals surface area contributed by atoms with E-state index in [-0.39, 0.29) is 31.7 Å². The maximum atomic E-state index is 14.4. The summed E-state index contributed by atoms with van der Waals surface area (Å²) in [4.78, 5) is 52.0. The predicted molar refractivity (Wildman–Crippen MR) is 175 cm³/mol. The number of amides is 2. The highest BCUT2D eigenvalue weighted by Crippen LogP contribution is 2.45. The molecule has 2 amide bonds. The lowest BCUT2D eigenvalue weighted by Gasteiger charge is -2.33. The highest BCUT2D eigenvalue weighted by Gasteiger charge is 2.41. The monoisotopic (exact) mass is 666 g/mol. The normalized spacial score (nSPS) is 16.1. The van der Waals surface area contributed by atoms with E-state index >= 15 is 0 Å². The SMILES string of the molecule is COc1cccc([C@H]2O[C@H](CC(=O)NCCc3ccc(C(=O)O)cc3)C(=O)N(CC(C)(C)COC(C)=O)c3ccc(Cl)cc32)c1OC. The zero-order chi connectivity index (χ0) is 34.3. The number of fused-ring (bicyclic) bond motifs is 1. The summed E-state index contributed by atoms with van der Waals surface area (Å²) < 4.78 is 23.1. The number of aromatic carboxylic acids is 1. The average molecular weight is 667 g/mol. The first-order valence-electron chi connectivity index (χ1n) is 15.0. The minimum atomic E-state index is -1.22. The van der Waals surface area contributed by atoms with Gasteiger partial charge in [-0.1, -0.05) is 49.7 Å². The van der Waals surface area contributed by atoms with Gasteiger partial charge in [0.2, 0.25) is 5.91 Å². The van der Waals surface area contributed by atoms with Crippen LogP contribution in [-0.4, -0.2) is 68.9 Å². The van der Waals surface area contributed by atoms with Crippen molar-refractivity contribution in [3.05, 3.63) is 87.9 Å². The van der Waals surface area contributed by atoms with Crippen molar-refractivity contribution < 1.29 is 43.2 Å². The van der Waals surface area contributed by atoms with Crippen LogP contribution < -0.4 is 19.7 Å². The molecule has 47 heavy (non-hydrogen) atoms. The number of methoxy groups -OCH3 is 2. The largest absolute Gasteiger partial charge is 0.493 e. The lowest BCUT2D eigenvalue weighted by atomic mass is 9.92. The van der Waals surface area contributed by atoms with Crippen molar-refractivity contribution in [2.75, 3.05) is 38.8 Å². The van der Waals surface area contributed by atoms with Crippen molar-refractivity contribution >= 4 is 41.0 Å². The standard InChI is InChI=1S/C35H39ClN2O9/c1-21(39)46-20-35(2,3)19-38-27-14-13-24(36)17-26(27)31(25-7-6-8-28(44-4)32(25)45-5)47-29(33(38)41)18-30(40)37-16-15-22-9-11-23(12-10-22)34(42)43/h6-14,17,29,31H,15-16,18-20H2,1-5H3,(H,37,40)(H,42,43)/t29-,31-/m1/s1. The quantitative estimate of drug-likeness (QED) is 0.235. The van der Waals surface area contributed by atoms with Crippen LogP contribution in [0.2, 0.25) is 5.02 Å². The highest BCUT2D eigenvalue weighted by atomic mass is 35.5. The van der Waals surface area contributed by atoms with Gasteiger partial charge in [0.15, 0.2) is 11.5 Å². The fourth-order valence-electron chi connectivity index (χ4n) is 5.40. The summed E-state index contributed by atoms with van der Waals surface area (Å²) in [7, 11) is 3.02. The third-order valence-corrected chi connectivity index (χ3v) is 7.92. The number of carboxylic acids is 1. The molecule has 0 radical (unpaired) electrons. The number of nitrogens with one attached hydrogen (secondary N) is 1. The smallest absolute Gasteiger partial charge is 0.335 e. The second-order valence-corrected chi connectivity index (χ2v) is 12.4. The lowest BCUT2D eigenvalue weighted by Crippen LogP contribution is -2.47. The Kier molecular flexibility index (Phi) is 11.5. The predicted octanol–water partition coefficient (Wildman–Crippen LogP) is 5.21. The summed E-state index contributed by atoms with van der Waals surface area (Å²) in [5, 5.41) is 12.4. The molecule has 3 aromatic carbocycles. The molecular formula is C35H39ClN2O9. The van der Waals surface area contributed by atoms with Crippen LogP contribution >= 0.6 is 11.6 Å². The van der Waals surface area contributed by atoms with Gasteiger partial charge in [-0.15, -0.1) is 0 Å². The molecular weight excluding hydrogens is 628 g/mol. The first-order chi connectivity index (χ1) is 22.3. The molecule has 1 aliphatic heterocycles. The van der Waals surface area contributed by atoms with E-state index in [1.807, 2.05) is 13.8 Å². The molecule has 0 saturated heterocycles. The molecule has 1 heterocycles. The topological polar surface area (TPSA) is 141 Å². The van der Waals surface area contributed by atoms with E-state index < -0.39 is 41.4 Å². The Balaban J connectivity index is 1.68.